The number of nitrogen functional groups attached to an aromatic ring is 1. The number of anilines is 1. The highest BCUT2D eigenvalue weighted by atomic mass is 32.2. The van der Waals surface area contributed by atoms with Crippen LogP contribution >= 0.6 is 11.3 Å². The molecule has 2 heterocycles. The van der Waals surface area contributed by atoms with Gasteiger partial charge in [0, 0.05) is 23.7 Å². The molecule has 0 saturated carbocycles. The van der Waals surface area contributed by atoms with E-state index in [-0.39, 0.29) is 6.04 Å². The smallest absolute Gasteiger partial charge is 0.252 e. The summed E-state index contributed by atoms with van der Waals surface area (Å²) in [6.07, 6.45) is 1.89. The lowest BCUT2D eigenvalue weighted by atomic mass is 10.3. The maximum atomic E-state index is 12.1. The zero-order valence-corrected chi connectivity index (χ0v) is 10.1. The first-order valence-electron chi connectivity index (χ1n) is 4.87. The third-order valence-electron chi connectivity index (χ3n) is 2.65. The van der Waals surface area contributed by atoms with Crippen LogP contribution in [0.2, 0.25) is 0 Å². The van der Waals surface area contributed by atoms with Gasteiger partial charge in [0.2, 0.25) is 0 Å². The lowest BCUT2D eigenvalue weighted by Gasteiger charge is -2.19. The zero-order valence-electron chi connectivity index (χ0n) is 8.51. The predicted octanol–water partition coefficient (Wildman–Crippen LogP) is 1.50. The number of hydrogen-bond donors (Lipinski definition) is 1. The van der Waals surface area contributed by atoms with E-state index in [0.717, 1.165) is 12.8 Å². The SMILES string of the molecule is CC1CCCN1S(=O)(=O)c1cc(N)cs1. The van der Waals surface area contributed by atoms with Gasteiger partial charge in [-0.1, -0.05) is 0 Å². The second-order valence-corrected chi connectivity index (χ2v) is 6.83. The van der Waals surface area contributed by atoms with Crippen molar-refractivity contribution in [2.45, 2.75) is 30.0 Å². The van der Waals surface area contributed by atoms with Crippen LogP contribution in [0.1, 0.15) is 19.8 Å². The molecule has 1 aliphatic heterocycles. The van der Waals surface area contributed by atoms with Crippen molar-refractivity contribution in [3.8, 4) is 0 Å². The summed E-state index contributed by atoms with van der Waals surface area (Å²) in [7, 11) is -3.30. The molecule has 6 heteroatoms. The van der Waals surface area contributed by atoms with E-state index in [1.54, 1.807) is 9.69 Å². The number of hydrogen-bond acceptors (Lipinski definition) is 4. The highest BCUT2D eigenvalue weighted by Gasteiger charge is 2.33. The summed E-state index contributed by atoms with van der Waals surface area (Å²) in [5.74, 6) is 0. The van der Waals surface area contributed by atoms with Gasteiger partial charge in [0.15, 0.2) is 0 Å². The van der Waals surface area contributed by atoms with E-state index in [0.29, 0.717) is 16.4 Å². The van der Waals surface area contributed by atoms with Gasteiger partial charge in [-0.2, -0.15) is 4.31 Å². The third-order valence-corrected chi connectivity index (χ3v) is 6.10. The number of sulfonamides is 1. The Bertz CT molecular complexity index is 452. The molecular weight excluding hydrogens is 232 g/mol. The van der Waals surface area contributed by atoms with Gasteiger partial charge < -0.3 is 5.73 Å². The number of nitrogens with two attached hydrogens (primary N) is 1. The molecule has 1 saturated heterocycles. The summed E-state index contributed by atoms with van der Waals surface area (Å²) in [5, 5.41) is 1.66. The van der Waals surface area contributed by atoms with Gasteiger partial charge >= 0.3 is 0 Å². The highest BCUT2D eigenvalue weighted by molar-refractivity contribution is 7.91. The molecule has 0 bridgehead atoms. The second-order valence-electron chi connectivity index (χ2n) is 3.81. The van der Waals surface area contributed by atoms with E-state index >= 15 is 0 Å². The van der Waals surface area contributed by atoms with Gasteiger partial charge in [0.25, 0.3) is 10.0 Å². The fourth-order valence-corrected chi connectivity index (χ4v) is 4.75. The molecule has 2 N–H and O–H groups in total. The van der Waals surface area contributed by atoms with Crippen molar-refractivity contribution in [3.63, 3.8) is 0 Å². The van der Waals surface area contributed by atoms with E-state index in [9.17, 15) is 8.42 Å². The first-order valence-corrected chi connectivity index (χ1v) is 7.19. The molecule has 1 aliphatic rings. The molecule has 2 rings (SSSR count). The maximum Gasteiger partial charge on any atom is 0.252 e. The summed E-state index contributed by atoms with van der Waals surface area (Å²) in [6, 6.07) is 1.64. The Kier molecular flexibility index (Phi) is 2.74. The molecule has 0 amide bonds. The van der Waals surface area contributed by atoms with E-state index in [4.69, 9.17) is 5.73 Å². The van der Waals surface area contributed by atoms with Crippen LogP contribution in [0.25, 0.3) is 0 Å². The lowest BCUT2D eigenvalue weighted by molar-refractivity contribution is 0.409. The Balaban J connectivity index is 2.34. The second kappa shape index (κ2) is 3.77. The van der Waals surface area contributed by atoms with Gasteiger partial charge in [0.05, 0.1) is 0 Å². The molecule has 84 valence electrons. The Morgan fingerprint density at radius 1 is 1.60 bits per heavy atom. The summed E-state index contributed by atoms with van der Waals surface area (Å²) in [4.78, 5) is 0. The summed E-state index contributed by atoms with van der Waals surface area (Å²) in [6.45, 7) is 2.57. The van der Waals surface area contributed by atoms with Gasteiger partial charge in [-0.05, 0) is 25.8 Å². The van der Waals surface area contributed by atoms with Gasteiger partial charge in [-0.15, -0.1) is 11.3 Å². The Labute approximate surface area is 93.8 Å². The Morgan fingerprint density at radius 3 is 2.80 bits per heavy atom. The monoisotopic (exact) mass is 246 g/mol. The molecule has 1 unspecified atom stereocenters. The standard InChI is InChI=1S/C9H14N2O2S2/c1-7-3-2-4-11(7)15(12,13)9-5-8(10)6-14-9/h5-7H,2-4,10H2,1H3. The largest absolute Gasteiger partial charge is 0.398 e. The molecule has 1 atom stereocenters. The number of nitrogens with zero attached hydrogens (tertiary/aromatic N) is 1. The van der Waals surface area contributed by atoms with Crippen LogP contribution in [0, 0.1) is 0 Å². The minimum atomic E-state index is -3.30. The average Bonchev–Trinajstić information content (AvgIpc) is 2.74. The fraction of sp³-hybridized carbons (Fsp3) is 0.556. The maximum absolute atomic E-state index is 12.1. The van der Waals surface area contributed by atoms with Crippen LogP contribution in [0.4, 0.5) is 5.69 Å². The minimum absolute atomic E-state index is 0.110. The first kappa shape index (κ1) is 10.9. The molecule has 0 aliphatic carbocycles. The van der Waals surface area contributed by atoms with Crippen molar-refractivity contribution in [1.29, 1.82) is 0 Å². The molecule has 1 aromatic heterocycles. The van der Waals surface area contributed by atoms with Gasteiger partial charge in [-0.25, -0.2) is 8.42 Å². The van der Waals surface area contributed by atoms with Crippen LogP contribution in [0.5, 0.6) is 0 Å². The van der Waals surface area contributed by atoms with E-state index in [1.807, 2.05) is 6.92 Å². The quantitative estimate of drug-likeness (QED) is 0.860. The molecule has 4 nitrogen and oxygen atoms in total. The van der Waals surface area contributed by atoms with E-state index in [2.05, 4.69) is 0 Å². The van der Waals surface area contributed by atoms with Crippen molar-refractivity contribution in [1.82, 2.24) is 4.31 Å². The van der Waals surface area contributed by atoms with Crippen LogP contribution in [0.15, 0.2) is 15.7 Å². The molecule has 1 fully saturated rings. The molecule has 0 spiro atoms. The van der Waals surface area contributed by atoms with E-state index < -0.39 is 10.0 Å². The molecule has 0 radical (unpaired) electrons. The predicted molar refractivity (Wildman–Crippen MR) is 61.3 cm³/mol. The summed E-state index contributed by atoms with van der Waals surface area (Å²) >= 11 is 1.19. The topological polar surface area (TPSA) is 63.4 Å². The Hall–Kier alpha value is -0.590. The number of thiophene rings is 1. The van der Waals surface area contributed by atoms with Crippen LogP contribution in [-0.2, 0) is 10.0 Å². The molecule has 0 aromatic carbocycles. The van der Waals surface area contributed by atoms with Gasteiger partial charge in [0.1, 0.15) is 4.21 Å². The van der Waals surface area contributed by atoms with Crippen LogP contribution < -0.4 is 5.73 Å². The van der Waals surface area contributed by atoms with Crippen molar-refractivity contribution in [2.75, 3.05) is 12.3 Å². The first-order chi connectivity index (χ1) is 7.01. The van der Waals surface area contributed by atoms with Crippen molar-refractivity contribution >= 4 is 27.0 Å². The minimum Gasteiger partial charge on any atom is -0.398 e. The van der Waals surface area contributed by atoms with Crippen molar-refractivity contribution in [3.05, 3.63) is 11.4 Å². The normalized spacial score (nSPS) is 23.4. The summed E-state index contributed by atoms with van der Waals surface area (Å²) < 4.78 is 26.2. The van der Waals surface area contributed by atoms with E-state index in [1.165, 1.54) is 17.4 Å². The molecule has 1 aromatic rings. The third kappa shape index (κ3) is 1.89. The van der Waals surface area contributed by atoms with Gasteiger partial charge in [-0.3, -0.25) is 0 Å². The fourth-order valence-electron chi connectivity index (χ4n) is 1.85. The molecule has 15 heavy (non-hydrogen) atoms. The summed E-state index contributed by atoms with van der Waals surface area (Å²) in [5.41, 5.74) is 6.05. The average molecular weight is 246 g/mol. The van der Waals surface area contributed by atoms with Crippen LogP contribution in [0.3, 0.4) is 0 Å². The molecular formula is C9H14N2O2S2. The lowest BCUT2D eigenvalue weighted by Crippen LogP contribution is -2.33. The van der Waals surface area contributed by atoms with Crippen molar-refractivity contribution in [2.24, 2.45) is 0 Å². The zero-order chi connectivity index (χ0) is 11.1. The van der Waals surface area contributed by atoms with Crippen molar-refractivity contribution < 1.29 is 8.42 Å². The van der Waals surface area contributed by atoms with Crippen LogP contribution in [-0.4, -0.2) is 25.3 Å². The highest BCUT2D eigenvalue weighted by Crippen LogP contribution is 2.30. The number of rotatable bonds is 2. The Morgan fingerprint density at radius 2 is 2.33 bits per heavy atom.